The van der Waals surface area contributed by atoms with E-state index in [4.69, 9.17) is 18.2 Å². The summed E-state index contributed by atoms with van der Waals surface area (Å²) in [6.07, 6.45) is 10.1. The molecule has 12 nitrogen and oxygen atoms in total. The van der Waals surface area contributed by atoms with Crippen LogP contribution in [0.15, 0.2) is 48.7 Å². The highest BCUT2D eigenvalue weighted by atomic mass is 35.5. The maximum absolute atomic E-state index is 13.3. The summed E-state index contributed by atoms with van der Waals surface area (Å²) in [5.41, 5.74) is 5.83. The van der Waals surface area contributed by atoms with Gasteiger partial charge in [-0.25, -0.2) is 4.85 Å². The number of piperidine rings is 1. The van der Waals surface area contributed by atoms with E-state index in [-0.39, 0.29) is 30.7 Å². The third-order valence-electron chi connectivity index (χ3n) is 12.4. The molecular weight excluding hydrogens is 718 g/mol. The van der Waals surface area contributed by atoms with Gasteiger partial charge in [0.15, 0.2) is 0 Å². The van der Waals surface area contributed by atoms with Crippen LogP contribution in [-0.2, 0) is 22.7 Å². The lowest BCUT2D eigenvalue weighted by Crippen LogP contribution is -2.54. The minimum Gasteiger partial charge on any atom is -0.372 e. The Kier molecular flexibility index (Phi) is 10.2. The van der Waals surface area contributed by atoms with Gasteiger partial charge in [-0.15, -0.1) is 0 Å². The van der Waals surface area contributed by atoms with Crippen molar-refractivity contribution in [2.24, 2.45) is 5.92 Å². The lowest BCUT2D eigenvalue weighted by Gasteiger charge is -2.36. The number of imide groups is 2. The van der Waals surface area contributed by atoms with E-state index in [1.807, 2.05) is 36.5 Å². The van der Waals surface area contributed by atoms with Crippen LogP contribution in [0.4, 0.5) is 11.4 Å². The predicted octanol–water partition coefficient (Wildman–Crippen LogP) is 6.15. The zero-order chi connectivity index (χ0) is 38.4. The molecule has 284 valence electrons. The van der Waals surface area contributed by atoms with Crippen molar-refractivity contribution >= 4 is 52.5 Å². The smallest absolute Gasteiger partial charge is 0.270 e. The van der Waals surface area contributed by atoms with Gasteiger partial charge in [-0.2, -0.15) is 0 Å². The zero-order valence-corrected chi connectivity index (χ0v) is 31.6. The fraction of sp³-hybridized carbons (Fsp3) is 0.452. The van der Waals surface area contributed by atoms with Gasteiger partial charge < -0.3 is 10.2 Å². The Labute approximate surface area is 325 Å². The Hall–Kier alpha value is -5.12. The third-order valence-corrected chi connectivity index (χ3v) is 12.7. The number of nitrogens with one attached hydrogen (secondary N) is 2. The number of halogens is 1. The van der Waals surface area contributed by atoms with Gasteiger partial charge in [-0.1, -0.05) is 23.7 Å². The Morgan fingerprint density at radius 3 is 2.22 bits per heavy atom. The van der Waals surface area contributed by atoms with E-state index >= 15 is 0 Å². The van der Waals surface area contributed by atoms with Crippen LogP contribution in [0.5, 0.6) is 0 Å². The lowest BCUT2D eigenvalue weighted by atomic mass is 9.79. The largest absolute Gasteiger partial charge is 0.372 e. The highest BCUT2D eigenvalue weighted by molar-refractivity contribution is 6.33. The van der Waals surface area contributed by atoms with Crippen molar-refractivity contribution in [2.45, 2.75) is 101 Å². The lowest BCUT2D eigenvalue weighted by molar-refractivity contribution is -0.136. The molecule has 55 heavy (non-hydrogen) atoms. The molecule has 2 N–H and O–H groups in total. The van der Waals surface area contributed by atoms with Crippen LogP contribution < -0.4 is 15.5 Å². The number of benzene rings is 2. The fourth-order valence-corrected chi connectivity index (χ4v) is 9.49. The number of hydrogen-bond acceptors (Lipinski definition) is 8. The number of hydrogen-bond donors (Lipinski definition) is 2. The van der Waals surface area contributed by atoms with E-state index in [1.54, 1.807) is 6.07 Å². The molecule has 4 heterocycles. The van der Waals surface area contributed by atoms with Crippen LogP contribution in [0, 0.1) is 12.5 Å². The van der Waals surface area contributed by atoms with Gasteiger partial charge in [0.25, 0.3) is 17.7 Å². The highest BCUT2D eigenvalue weighted by Gasteiger charge is 2.45. The van der Waals surface area contributed by atoms with Crippen LogP contribution >= 0.6 is 11.6 Å². The zero-order valence-electron chi connectivity index (χ0n) is 30.9. The maximum Gasteiger partial charge on any atom is 0.270 e. The molecule has 0 spiro atoms. The van der Waals surface area contributed by atoms with Crippen molar-refractivity contribution in [1.29, 1.82) is 0 Å². The third kappa shape index (κ3) is 7.35. The maximum atomic E-state index is 13.3. The topological polar surface area (TPSA) is 136 Å². The van der Waals surface area contributed by atoms with Crippen molar-refractivity contribution < 1.29 is 24.0 Å². The number of amides is 5. The van der Waals surface area contributed by atoms with Gasteiger partial charge in [0.1, 0.15) is 11.7 Å². The molecule has 1 aromatic heterocycles. The number of rotatable bonds is 8. The first kappa shape index (κ1) is 36.8. The summed E-state index contributed by atoms with van der Waals surface area (Å²) in [5, 5.41) is 5.91. The predicted molar refractivity (Wildman–Crippen MR) is 206 cm³/mol. The number of aromatic nitrogens is 1. The van der Waals surface area contributed by atoms with Crippen LogP contribution in [0.3, 0.4) is 0 Å². The first-order chi connectivity index (χ1) is 26.6. The van der Waals surface area contributed by atoms with E-state index < -0.39 is 23.8 Å². The van der Waals surface area contributed by atoms with Crippen molar-refractivity contribution in [3.8, 4) is 0 Å². The van der Waals surface area contributed by atoms with Gasteiger partial charge in [-0.3, -0.25) is 44.1 Å². The minimum atomic E-state index is -0.959. The summed E-state index contributed by atoms with van der Waals surface area (Å²) in [7, 11) is 2.06. The monoisotopic (exact) mass is 761 g/mol. The number of pyridine rings is 1. The van der Waals surface area contributed by atoms with Gasteiger partial charge in [0, 0.05) is 62.1 Å². The van der Waals surface area contributed by atoms with E-state index in [1.165, 1.54) is 5.56 Å². The molecule has 8 rings (SSSR count). The summed E-state index contributed by atoms with van der Waals surface area (Å²) in [6.45, 7) is 9.59. The summed E-state index contributed by atoms with van der Waals surface area (Å²) in [6, 6.07) is 12.6. The molecule has 0 radical (unpaired) electrons. The van der Waals surface area contributed by atoms with Gasteiger partial charge in [0.2, 0.25) is 17.5 Å². The second-order valence-electron chi connectivity index (χ2n) is 15.8. The molecule has 1 atom stereocenters. The molecule has 13 heteroatoms. The molecule has 1 saturated heterocycles. The molecular formula is C42H44ClN7O5. The molecule has 3 aliphatic heterocycles. The first-order valence-electron chi connectivity index (χ1n) is 19.3. The summed E-state index contributed by atoms with van der Waals surface area (Å²) in [4.78, 5) is 77.4. The van der Waals surface area contributed by atoms with Gasteiger partial charge in [-0.05, 0) is 117 Å². The summed E-state index contributed by atoms with van der Waals surface area (Å²) in [5.74, 6) is -1.10. The van der Waals surface area contributed by atoms with Crippen molar-refractivity contribution in [3.05, 3.63) is 98.6 Å². The van der Waals surface area contributed by atoms with E-state index in [9.17, 15) is 24.0 Å². The molecule has 3 fully saturated rings. The SMILES string of the molecule is [C-]#[N+]c1ccc(N(C)C2CCC(NC(=O)c3ccc(C4CCC(CN5Cc6cc7c(cc6C5)C(=O)N([C@@H]5CCC(=O)NC5=O)C7=O)CC4)cn3)CC2)cc1Cl. The first-order valence-corrected chi connectivity index (χ1v) is 19.7. The van der Waals surface area contributed by atoms with Crippen LogP contribution in [-0.4, -0.2) is 76.0 Å². The number of anilines is 1. The molecule has 2 aromatic carbocycles. The molecule has 2 saturated carbocycles. The van der Waals surface area contributed by atoms with Crippen LogP contribution in [0.25, 0.3) is 4.85 Å². The average Bonchev–Trinajstić information content (AvgIpc) is 3.69. The van der Waals surface area contributed by atoms with Crippen LogP contribution in [0.2, 0.25) is 5.02 Å². The fourth-order valence-electron chi connectivity index (χ4n) is 9.28. The normalized spacial score (nSPS) is 25.3. The molecule has 3 aromatic rings. The Balaban J connectivity index is 0.784. The quantitative estimate of drug-likeness (QED) is 0.206. The second-order valence-corrected chi connectivity index (χ2v) is 16.2. The standard InChI is InChI=1S/C42H44ClN7O5/c1-44-35-14-12-31(19-34(35)43)48(2)30-10-8-29(9-11-30)46-39(52)36-13-7-26(20-45-36)25-5-3-24(4-6-25)21-49-22-27-17-32-33(18-28(27)23-49)42(55)50(41(32)54)37-15-16-38(51)47-40(37)53/h7,12-14,17-20,24-25,29-30,37H,3-6,8-11,15-16,21-23H2,2H3,(H,46,52)(H,47,51,53)/t24?,25?,29?,30?,37-/m1/s1. The molecule has 0 bridgehead atoms. The van der Waals surface area contributed by atoms with Crippen molar-refractivity contribution in [1.82, 2.24) is 25.4 Å². The second kappa shape index (κ2) is 15.2. The van der Waals surface area contributed by atoms with Crippen molar-refractivity contribution in [3.63, 3.8) is 0 Å². The Morgan fingerprint density at radius 1 is 0.927 bits per heavy atom. The molecule has 5 aliphatic rings. The summed E-state index contributed by atoms with van der Waals surface area (Å²) < 4.78 is 0. The minimum absolute atomic E-state index is 0.0990. The molecule has 0 unspecified atom stereocenters. The Bertz CT molecular complexity index is 2050. The molecule has 5 amide bonds. The number of fused-ring (bicyclic) bond motifs is 2. The van der Waals surface area contributed by atoms with Crippen LogP contribution in [0.1, 0.15) is 118 Å². The number of carbonyl (C=O) groups is 5. The van der Waals surface area contributed by atoms with Gasteiger partial charge in [0.05, 0.1) is 17.7 Å². The average molecular weight is 762 g/mol. The molecule has 2 aliphatic carbocycles. The van der Waals surface area contributed by atoms with E-state index in [0.717, 1.165) is 79.6 Å². The van der Waals surface area contributed by atoms with Crippen molar-refractivity contribution in [2.75, 3.05) is 18.5 Å². The highest BCUT2D eigenvalue weighted by Crippen LogP contribution is 2.39. The van der Waals surface area contributed by atoms with Gasteiger partial charge >= 0.3 is 0 Å². The number of nitrogens with zero attached hydrogens (tertiary/aromatic N) is 5. The number of carbonyl (C=O) groups excluding carboxylic acids is 5. The van der Waals surface area contributed by atoms with E-state index in [0.29, 0.717) is 58.5 Å². The van der Waals surface area contributed by atoms with E-state index in [2.05, 4.69) is 43.4 Å². The Morgan fingerprint density at radius 2 is 1.62 bits per heavy atom. The summed E-state index contributed by atoms with van der Waals surface area (Å²) >= 11 is 6.27.